The molecule has 0 unspecified atom stereocenters. The molecule has 0 saturated carbocycles. The number of esters is 1. The van der Waals surface area contributed by atoms with Crippen molar-refractivity contribution in [2.75, 3.05) is 19.1 Å². The Bertz CT molecular complexity index is 999. The van der Waals surface area contributed by atoms with Crippen LogP contribution in [0.15, 0.2) is 48.5 Å². The largest absolute Gasteiger partial charge is 0.465 e. The summed E-state index contributed by atoms with van der Waals surface area (Å²) < 4.78 is 17.9. The number of aryl methyl sites for hydroxylation is 1. The molecule has 0 aliphatic carbocycles. The fourth-order valence-electron chi connectivity index (χ4n) is 2.62. The number of benzene rings is 2. The molecular weight excluding hydrogens is 367 g/mol. The molecule has 1 heterocycles. The second-order valence-electron chi connectivity index (χ2n) is 5.81. The lowest BCUT2D eigenvalue weighted by Gasteiger charge is -2.19. The number of ether oxygens (including phenoxy) is 1. The second kappa shape index (κ2) is 7.67. The summed E-state index contributed by atoms with van der Waals surface area (Å²) in [6.45, 7) is 1.75. The molecule has 0 saturated heterocycles. The minimum absolute atomic E-state index is 0.283. The summed E-state index contributed by atoms with van der Waals surface area (Å²) in [5.41, 5.74) is 2.06. The number of carbonyl (C=O) groups is 2. The Morgan fingerprint density at radius 3 is 2.44 bits per heavy atom. The lowest BCUT2D eigenvalue weighted by molar-refractivity contribution is 0.0601. The molecule has 0 bridgehead atoms. The van der Waals surface area contributed by atoms with Crippen LogP contribution < -0.4 is 4.90 Å². The van der Waals surface area contributed by atoms with E-state index in [4.69, 9.17) is 4.74 Å². The number of thiazole rings is 1. The summed E-state index contributed by atoms with van der Waals surface area (Å²) in [5.74, 6) is -1.13. The molecule has 0 radical (unpaired) electrons. The summed E-state index contributed by atoms with van der Waals surface area (Å²) in [4.78, 5) is 31.3. The van der Waals surface area contributed by atoms with Gasteiger partial charge in [0.1, 0.15) is 15.7 Å². The standard InChI is InChI=1S/C20H17FN2O3S/c1-12-17(27-18(22-12)13-8-10-14(21)11-9-13)19(24)23(2)16-7-5-4-6-15(16)20(25)26-3/h4-11H,1-3H3. The van der Waals surface area contributed by atoms with Crippen molar-refractivity contribution in [3.05, 3.63) is 70.5 Å². The number of aromatic nitrogens is 1. The number of carbonyl (C=O) groups excluding carboxylic acids is 2. The van der Waals surface area contributed by atoms with Crippen LogP contribution in [0.25, 0.3) is 10.6 Å². The maximum absolute atomic E-state index is 13.1. The molecule has 2 aromatic carbocycles. The molecule has 27 heavy (non-hydrogen) atoms. The summed E-state index contributed by atoms with van der Waals surface area (Å²) in [7, 11) is 2.89. The van der Waals surface area contributed by atoms with Gasteiger partial charge in [-0.05, 0) is 43.3 Å². The quantitative estimate of drug-likeness (QED) is 0.629. The third-order valence-electron chi connectivity index (χ3n) is 4.06. The second-order valence-corrected chi connectivity index (χ2v) is 6.81. The topological polar surface area (TPSA) is 59.5 Å². The van der Waals surface area contributed by atoms with E-state index in [2.05, 4.69) is 4.98 Å². The highest BCUT2D eigenvalue weighted by Crippen LogP contribution is 2.30. The first-order valence-electron chi connectivity index (χ1n) is 8.11. The van der Waals surface area contributed by atoms with Crippen molar-refractivity contribution < 1.29 is 18.7 Å². The van der Waals surface area contributed by atoms with Gasteiger partial charge in [-0.2, -0.15) is 0 Å². The molecule has 1 amide bonds. The molecule has 3 rings (SSSR count). The van der Waals surface area contributed by atoms with Gasteiger partial charge >= 0.3 is 5.97 Å². The highest BCUT2D eigenvalue weighted by atomic mass is 32.1. The van der Waals surface area contributed by atoms with Crippen molar-refractivity contribution in [1.82, 2.24) is 4.98 Å². The van der Waals surface area contributed by atoms with E-state index >= 15 is 0 Å². The van der Waals surface area contributed by atoms with Gasteiger partial charge in [-0.1, -0.05) is 12.1 Å². The van der Waals surface area contributed by atoms with Gasteiger partial charge in [-0.15, -0.1) is 11.3 Å². The number of hydrogen-bond donors (Lipinski definition) is 0. The van der Waals surface area contributed by atoms with E-state index in [0.29, 0.717) is 26.8 Å². The molecule has 0 aliphatic rings. The average Bonchev–Trinajstić information content (AvgIpc) is 3.08. The zero-order valence-electron chi connectivity index (χ0n) is 15.0. The Balaban J connectivity index is 1.95. The maximum Gasteiger partial charge on any atom is 0.339 e. The first-order valence-corrected chi connectivity index (χ1v) is 8.92. The van der Waals surface area contributed by atoms with Crippen LogP contribution in [0.5, 0.6) is 0 Å². The maximum atomic E-state index is 13.1. The van der Waals surface area contributed by atoms with Crippen LogP contribution in [0.4, 0.5) is 10.1 Å². The van der Waals surface area contributed by atoms with Crippen LogP contribution in [0.2, 0.25) is 0 Å². The van der Waals surface area contributed by atoms with E-state index in [0.717, 1.165) is 5.56 Å². The number of rotatable bonds is 4. The Labute approximate surface area is 160 Å². The van der Waals surface area contributed by atoms with Gasteiger partial charge in [0, 0.05) is 12.6 Å². The summed E-state index contributed by atoms with van der Waals surface area (Å²) >= 11 is 1.23. The predicted molar refractivity (Wildman–Crippen MR) is 103 cm³/mol. The lowest BCUT2D eigenvalue weighted by atomic mass is 10.1. The van der Waals surface area contributed by atoms with Gasteiger partial charge in [0.05, 0.1) is 24.1 Å². The minimum atomic E-state index is -0.515. The molecule has 7 heteroatoms. The van der Waals surface area contributed by atoms with E-state index in [1.165, 1.54) is 35.5 Å². The molecular formula is C20H17FN2O3S. The molecule has 1 aromatic heterocycles. The van der Waals surface area contributed by atoms with Crippen molar-refractivity contribution in [3.8, 4) is 10.6 Å². The highest BCUT2D eigenvalue weighted by molar-refractivity contribution is 7.17. The lowest BCUT2D eigenvalue weighted by Crippen LogP contribution is -2.28. The van der Waals surface area contributed by atoms with Crippen molar-refractivity contribution >= 4 is 28.9 Å². The van der Waals surface area contributed by atoms with Gasteiger partial charge < -0.3 is 9.64 Å². The van der Waals surface area contributed by atoms with Crippen molar-refractivity contribution in [2.24, 2.45) is 0 Å². The smallest absolute Gasteiger partial charge is 0.339 e. The van der Waals surface area contributed by atoms with Gasteiger partial charge in [0.25, 0.3) is 5.91 Å². The Morgan fingerprint density at radius 1 is 1.11 bits per heavy atom. The SMILES string of the molecule is COC(=O)c1ccccc1N(C)C(=O)c1sc(-c2ccc(F)cc2)nc1C. The predicted octanol–water partition coefficient (Wildman–Crippen LogP) is 4.32. The van der Waals surface area contributed by atoms with Crippen LogP contribution in [0, 0.1) is 12.7 Å². The van der Waals surface area contributed by atoms with Crippen LogP contribution in [0.1, 0.15) is 25.7 Å². The third-order valence-corrected chi connectivity index (χ3v) is 5.25. The summed E-state index contributed by atoms with van der Waals surface area (Å²) in [6, 6.07) is 12.7. The van der Waals surface area contributed by atoms with Gasteiger partial charge in [0.2, 0.25) is 0 Å². The third kappa shape index (κ3) is 3.73. The summed E-state index contributed by atoms with van der Waals surface area (Å²) in [5, 5.41) is 0.630. The van der Waals surface area contributed by atoms with Crippen LogP contribution in [-0.2, 0) is 4.74 Å². The van der Waals surface area contributed by atoms with Gasteiger partial charge in [-0.3, -0.25) is 4.79 Å². The van der Waals surface area contributed by atoms with Crippen molar-refractivity contribution in [2.45, 2.75) is 6.92 Å². The Kier molecular flexibility index (Phi) is 5.32. The first kappa shape index (κ1) is 18.7. The number of para-hydroxylation sites is 1. The number of anilines is 1. The molecule has 0 N–H and O–H groups in total. The molecule has 0 fully saturated rings. The molecule has 0 spiro atoms. The van der Waals surface area contributed by atoms with Crippen molar-refractivity contribution in [1.29, 1.82) is 0 Å². The fraction of sp³-hybridized carbons (Fsp3) is 0.150. The molecule has 5 nitrogen and oxygen atoms in total. The normalized spacial score (nSPS) is 10.5. The fourth-order valence-corrected chi connectivity index (χ4v) is 3.67. The van der Waals surface area contributed by atoms with E-state index in [-0.39, 0.29) is 11.7 Å². The molecule has 3 aromatic rings. The van der Waals surface area contributed by atoms with E-state index < -0.39 is 5.97 Å². The Morgan fingerprint density at radius 2 is 1.78 bits per heavy atom. The van der Waals surface area contributed by atoms with Crippen molar-refractivity contribution in [3.63, 3.8) is 0 Å². The number of methoxy groups -OCH3 is 1. The molecule has 0 aliphatic heterocycles. The Hall–Kier alpha value is -3.06. The zero-order valence-corrected chi connectivity index (χ0v) is 15.8. The highest BCUT2D eigenvalue weighted by Gasteiger charge is 2.24. The zero-order chi connectivity index (χ0) is 19.6. The average molecular weight is 384 g/mol. The number of halogens is 1. The minimum Gasteiger partial charge on any atom is -0.465 e. The first-order chi connectivity index (χ1) is 12.9. The van der Waals surface area contributed by atoms with E-state index in [1.807, 2.05) is 0 Å². The monoisotopic (exact) mass is 384 g/mol. The van der Waals surface area contributed by atoms with Crippen LogP contribution >= 0.6 is 11.3 Å². The van der Waals surface area contributed by atoms with Gasteiger partial charge in [-0.25, -0.2) is 14.2 Å². The molecule has 0 atom stereocenters. The van der Waals surface area contributed by atoms with Gasteiger partial charge in [0.15, 0.2) is 0 Å². The summed E-state index contributed by atoms with van der Waals surface area (Å²) in [6.07, 6.45) is 0. The molecule has 138 valence electrons. The number of hydrogen-bond acceptors (Lipinski definition) is 5. The van der Waals surface area contributed by atoms with E-state index in [1.54, 1.807) is 50.4 Å². The van der Waals surface area contributed by atoms with Crippen LogP contribution in [-0.4, -0.2) is 31.0 Å². The van der Waals surface area contributed by atoms with E-state index in [9.17, 15) is 14.0 Å². The number of nitrogens with zero attached hydrogens (tertiary/aromatic N) is 2. The van der Waals surface area contributed by atoms with Crippen LogP contribution in [0.3, 0.4) is 0 Å². The number of amides is 1.